The van der Waals surface area contributed by atoms with Crippen molar-refractivity contribution in [3.63, 3.8) is 0 Å². The summed E-state index contributed by atoms with van der Waals surface area (Å²) in [6, 6.07) is 2.25. The van der Waals surface area contributed by atoms with Crippen LogP contribution in [0, 0.1) is 0 Å². The van der Waals surface area contributed by atoms with Crippen LogP contribution < -0.4 is 5.73 Å². The molecule has 1 atom stereocenters. The summed E-state index contributed by atoms with van der Waals surface area (Å²) in [6.07, 6.45) is -2.59. The Kier molecular flexibility index (Phi) is 6.74. The van der Waals surface area contributed by atoms with E-state index in [9.17, 15) is 21.6 Å². The van der Waals surface area contributed by atoms with Gasteiger partial charge in [-0.25, -0.2) is 8.42 Å². The van der Waals surface area contributed by atoms with E-state index < -0.39 is 31.7 Å². The lowest BCUT2D eigenvalue weighted by Crippen LogP contribution is -2.47. The minimum atomic E-state index is -4.71. The van der Waals surface area contributed by atoms with Crippen molar-refractivity contribution in [1.82, 2.24) is 4.31 Å². The summed E-state index contributed by atoms with van der Waals surface area (Å²) in [6.45, 7) is 0.396. The number of piperidine rings is 1. The highest BCUT2D eigenvalue weighted by atomic mass is 35.5. The van der Waals surface area contributed by atoms with Crippen LogP contribution in [0.5, 0.6) is 0 Å². The van der Waals surface area contributed by atoms with Gasteiger partial charge in [0.25, 0.3) is 0 Å². The summed E-state index contributed by atoms with van der Waals surface area (Å²) >= 11 is 5.52. The highest BCUT2D eigenvalue weighted by Gasteiger charge is 2.37. The van der Waals surface area contributed by atoms with Crippen LogP contribution in [0.4, 0.5) is 13.2 Å². The molecule has 1 saturated heterocycles. The molecular formula is C13H17Cl2F3N2O2S. The van der Waals surface area contributed by atoms with Gasteiger partial charge in [-0.15, -0.1) is 12.4 Å². The van der Waals surface area contributed by atoms with Gasteiger partial charge in [0.2, 0.25) is 10.0 Å². The molecule has 132 valence electrons. The number of rotatable bonds is 3. The zero-order valence-electron chi connectivity index (χ0n) is 12.0. The van der Waals surface area contributed by atoms with Gasteiger partial charge in [-0.1, -0.05) is 18.0 Å². The fourth-order valence-corrected chi connectivity index (χ4v) is 4.50. The minimum Gasteiger partial charge on any atom is -0.329 e. The summed E-state index contributed by atoms with van der Waals surface area (Å²) in [4.78, 5) is -0.412. The molecule has 1 unspecified atom stereocenters. The van der Waals surface area contributed by atoms with Crippen molar-refractivity contribution in [1.29, 1.82) is 0 Å². The second kappa shape index (κ2) is 7.57. The third-order valence-corrected chi connectivity index (χ3v) is 5.97. The van der Waals surface area contributed by atoms with Gasteiger partial charge in [0, 0.05) is 19.1 Å². The van der Waals surface area contributed by atoms with E-state index >= 15 is 0 Å². The first kappa shape index (κ1) is 20.5. The molecule has 23 heavy (non-hydrogen) atoms. The Morgan fingerprint density at radius 2 is 1.96 bits per heavy atom. The molecule has 0 aliphatic carbocycles. The van der Waals surface area contributed by atoms with Gasteiger partial charge in [0.1, 0.15) is 0 Å². The number of nitrogens with zero attached hydrogens (tertiary/aromatic N) is 1. The molecule has 2 N–H and O–H groups in total. The molecule has 1 aliphatic rings. The van der Waals surface area contributed by atoms with Crippen molar-refractivity contribution in [2.45, 2.75) is 36.4 Å². The Labute approximate surface area is 144 Å². The van der Waals surface area contributed by atoms with Gasteiger partial charge in [-0.3, -0.25) is 0 Å². The van der Waals surface area contributed by atoms with E-state index in [2.05, 4.69) is 0 Å². The average Bonchev–Trinajstić information content (AvgIpc) is 2.46. The summed E-state index contributed by atoms with van der Waals surface area (Å²) in [5.74, 6) is 0. The van der Waals surface area contributed by atoms with Crippen molar-refractivity contribution >= 4 is 34.0 Å². The number of halogens is 5. The SMILES string of the molecule is Cl.NCC1CCCCN1S(=O)(=O)c1ccc(Cl)c(C(F)(F)F)c1. The second-order valence-electron chi connectivity index (χ2n) is 5.14. The van der Waals surface area contributed by atoms with E-state index in [-0.39, 0.29) is 31.5 Å². The van der Waals surface area contributed by atoms with Crippen LogP contribution in [0.15, 0.2) is 23.1 Å². The van der Waals surface area contributed by atoms with Crippen LogP contribution in [-0.2, 0) is 16.2 Å². The van der Waals surface area contributed by atoms with Crippen LogP contribution in [-0.4, -0.2) is 31.9 Å². The lowest BCUT2D eigenvalue weighted by molar-refractivity contribution is -0.137. The fourth-order valence-electron chi connectivity index (χ4n) is 2.54. The maximum atomic E-state index is 12.9. The van der Waals surface area contributed by atoms with Crippen LogP contribution in [0.25, 0.3) is 0 Å². The van der Waals surface area contributed by atoms with Gasteiger partial charge >= 0.3 is 6.18 Å². The zero-order chi connectivity index (χ0) is 16.5. The largest absolute Gasteiger partial charge is 0.417 e. The third-order valence-electron chi connectivity index (χ3n) is 3.70. The standard InChI is InChI=1S/C13H16ClF3N2O2S.ClH/c14-12-5-4-10(7-11(12)13(15,16)17)22(20,21)19-6-2-1-3-9(19)8-18;/h4-5,7,9H,1-3,6,8,18H2;1H. The maximum Gasteiger partial charge on any atom is 0.417 e. The highest BCUT2D eigenvalue weighted by Crippen LogP contribution is 2.37. The van der Waals surface area contributed by atoms with Crippen molar-refractivity contribution < 1.29 is 21.6 Å². The Balaban J connectivity index is 0.00000264. The van der Waals surface area contributed by atoms with Gasteiger partial charge in [-0.2, -0.15) is 17.5 Å². The molecule has 0 spiro atoms. The van der Waals surface area contributed by atoms with E-state index in [1.54, 1.807) is 0 Å². The number of hydrogen-bond donors (Lipinski definition) is 1. The first-order valence-electron chi connectivity index (χ1n) is 6.76. The molecule has 1 aromatic carbocycles. The summed E-state index contributed by atoms with van der Waals surface area (Å²) in [5.41, 5.74) is 4.43. The van der Waals surface area contributed by atoms with Crippen LogP contribution in [0.1, 0.15) is 24.8 Å². The van der Waals surface area contributed by atoms with E-state index in [0.29, 0.717) is 18.9 Å². The monoisotopic (exact) mass is 392 g/mol. The number of nitrogens with two attached hydrogens (primary N) is 1. The van der Waals surface area contributed by atoms with Gasteiger partial charge in [-0.05, 0) is 31.0 Å². The number of sulfonamides is 1. The van der Waals surface area contributed by atoms with Crippen molar-refractivity contribution in [2.24, 2.45) is 5.73 Å². The molecule has 10 heteroatoms. The Hall–Kier alpha value is -0.540. The minimum absolute atomic E-state index is 0. The predicted molar refractivity (Wildman–Crippen MR) is 84.3 cm³/mol. The molecule has 1 aliphatic heterocycles. The first-order valence-corrected chi connectivity index (χ1v) is 8.58. The average molecular weight is 393 g/mol. The van der Waals surface area contributed by atoms with E-state index in [4.69, 9.17) is 17.3 Å². The molecule has 0 amide bonds. The van der Waals surface area contributed by atoms with Crippen molar-refractivity contribution in [3.05, 3.63) is 28.8 Å². The molecule has 0 saturated carbocycles. The second-order valence-corrected chi connectivity index (χ2v) is 7.44. The Morgan fingerprint density at radius 1 is 1.30 bits per heavy atom. The smallest absolute Gasteiger partial charge is 0.329 e. The number of hydrogen-bond acceptors (Lipinski definition) is 3. The number of benzene rings is 1. The van der Waals surface area contributed by atoms with Gasteiger partial charge in [0.15, 0.2) is 0 Å². The zero-order valence-corrected chi connectivity index (χ0v) is 14.4. The molecule has 4 nitrogen and oxygen atoms in total. The van der Waals surface area contributed by atoms with Gasteiger partial charge < -0.3 is 5.73 Å². The molecule has 0 aromatic heterocycles. The quantitative estimate of drug-likeness (QED) is 0.858. The van der Waals surface area contributed by atoms with Crippen molar-refractivity contribution in [3.8, 4) is 0 Å². The molecule has 1 aromatic rings. The van der Waals surface area contributed by atoms with Crippen LogP contribution >= 0.6 is 24.0 Å². The summed E-state index contributed by atoms with van der Waals surface area (Å²) in [7, 11) is -4.03. The van der Waals surface area contributed by atoms with Crippen LogP contribution in [0.3, 0.4) is 0 Å². The third kappa shape index (κ3) is 4.30. The fraction of sp³-hybridized carbons (Fsp3) is 0.538. The normalized spacial score (nSPS) is 20.1. The lowest BCUT2D eigenvalue weighted by atomic mass is 10.1. The molecular weight excluding hydrogens is 376 g/mol. The highest BCUT2D eigenvalue weighted by molar-refractivity contribution is 7.89. The molecule has 1 heterocycles. The summed E-state index contributed by atoms with van der Waals surface area (Å²) < 4.78 is 65.1. The number of alkyl halides is 3. The topological polar surface area (TPSA) is 63.4 Å². The predicted octanol–water partition coefficient (Wildman–Crippen LogP) is 3.28. The molecule has 0 radical (unpaired) electrons. The van der Waals surface area contributed by atoms with E-state index in [1.165, 1.54) is 4.31 Å². The first-order chi connectivity index (χ1) is 10.2. The lowest BCUT2D eigenvalue weighted by Gasteiger charge is -2.34. The summed E-state index contributed by atoms with van der Waals surface area (Å²) in [5, 5.41) is -0.527. The van der Waals surface area contributed by atoms with Crippen LogP contribution in [0.2, 0.25) is 5.02 Å². The Morgan fingerprint density at radius 3 is 2.52 bits per heavy atom. The van der Waals surface area contributed by atoms with Crippen molar-refractivity contribution in [2.75, 3.05) is 13.1 Å². The molecule has 1 fully saturated rings. The molecule has 2 rings (SSSR count). The molecule has 0 bridgehead atoms. The van der Waals surface area contributed by atoms with E-state index in [1.807, 2.05) is 0 Å². The Bertz CT molecular complexity index is 653. The van der Waals surface area contributed by atoms with Gasteiger partial charge in [0.05, 0.1) is 15.5 Å². The maximum absolute atomic E-state index is 12.9. The van der Waals surface area contributed by atoms with E-state index in [0.717, 1.165) is 18.6 Å².